The molecule has 0 saturated carbocycles. The lowest BCUT2D eigenvalue weighted by molar-refractivity contribution is 0.627. The van der Waals surface area contributed by atoms with E-state index < -0.39 is 5.82 Å². The largest absolute Gasteiger partial charge is 0.399 e. The Morgan fingerprint density at radius 3 is 2.57 bits per heavy atom. The first-order valence-corrected chi connectivity index (χ1v) is 6.61. The lowest BCUT2D eigenvalue weighted by Crippen LogP contribution is -2.01. The van der Waals surface area contributed by atoms with E-state index in [1.165, 1.54) is 22.9 Å². The second-order valence-corrected chi connectivity index (χ2v) is 5.07. The van der Waals surface area contributed by atoms with Crippen LogP contribution in [-0.2, 0) is 0 Å². The number of nitrogens with two attached hydrogens (primary N) is 1. The van der Waals surface area contributed by atoms with Crippen LogP contribution in [0.5, 0.6) is 0 Å². The van der Waals surface area contributed by atoms with E-state index in [0.29, 0.717) is 27.8 Å². The maximum absolute atomic E-state index is 13.2. The van der Waals surface area contributed by atoms with Gasteiger partial charge in [-0.25, -0.2) is 4.39 Å². The van der Waals surface area contributed by atoms with Crippen LogP contribution in [0.3, 0.4) is 0 Å². The highest BCUT2D eigenvalue weighted by Gasteiger charge is 2.15. The van der Waals surface area contributed by atoms with Crippen LogP contribution >= 0.6 is 23.2 Å². The monoisotopic (exact) mass is 323 g/mol. The zero-order valence-corrected chi connectivity index (χ0v) is 12.0. The third kappa shape index (κ3) is 2.55. The predicted octanol–water partition coefficient (Wildman–Crippen LogP) is 3.36. The molecule has 8 heteroatoms. The van der Waals surface area contributed by atoms with Crippen molar-refractivity contribution in [1.29, 1.82) is 0 Å². The first-order chi connectivity index (χ1) is 10.1. The van der Waals surface area contributed by atoms with E-state index in [4.69, 9.17) is 28.9 Å². The summed E-state index contributed by atoms with van der Waals surface area (Å²) in [4.78, 5) is 0. The van der Waals surface area contributed by atoms with Crippen molar-refractivity contribution in [2.45, 2.75) is 0 Å². The van der Waals surface area contributed by atoms with Crippen molar-refractivity contribution < 1.29 is 4.39 Å². The molecule has 3 aromatic rings. The molecule has 0 saturated heterocycles. The van der Waals surface area contributed by atoms with Gasteiger partial charge in [-0.05, 0) is 46.8 Å². The number of hydrogen-bond donors (Lipinski definition) is 1. The Morgan fingerprint density at radius 1 is 1.05 bits per heavy atom. The molecule has 0 fully saturated rings. The predicted molar refractivity (Wildman–Crippen MR) is 79.0 cm³/mol. The highest BCUT2D eigenvalue weighted by atomic mass is 35.5. The van der Waals surface area contributed by atoms with Crippen LogP contribution in [0.1, 0.15) is 0 Å². The van der Waals surface area contributed by atoms with Gasteiger partial charge >= 0.3 is 0 Å². The standard InChI is InChI=1S/C13H8Cl2FN5/c14-10-5-7(17)1-3-9(10)13-18-19-20-21(13)8-2-4-12(16)11(15)6-8/h1-6H,17H2. The summed E-state index contributed by atoms with van der Waals surface area (Å²) < 4.78 is 14.7. The first kappa shape index (κ1) is 13.8. The summed E-state index contributed by atoms with van der Waals surface area (Å²) in [6, 6.07) is 9.21. The van der Waals surface area contributed by atoms with Crippen molar-refractivity contribution >= 4 is 28.9 Å². The molecule has 0 aliphatic carbocycles. The number of rotatable bonds is 2. The molecule has 0 amide bonds. The number of hydrogen-bond acceptors (Lipinski definition) is 4. The average molecular weight is 324 g/mol. The number of halogens is 3. The number of nitrogen functional groups attached to an aromatic ring is 1. The normalized spacial score (nSPS) is 10.8. The van der Waals surface area contributed by atoms with Gasteiger partial charge < -0.3 is 5.73 Å². The van der Waals surface area contributed by atoms with Gasteiger partial charge in [-0.15, -0.1) is 5.10 Å². The quantitative estimate of drug-likeness (QED) is 0.734. The Labute approximate surface area is 129 Å². The van der Waals surface area contributed by atoms with Crippen LogP contribution in [0.15, 0.2) is 36.4 Å². The lowest BCUT2D eigenvalue weighted by Gasteiger charge is -2.07. The topological polar surface area (TPSA) is 69.6 Å². The highest BCUT2D eigenvalue weighted by molar-refractivity contribution is 6.33. The zero-order chi connectivity index (χ0) is 15.0. The molecule has 21 heavy (non-hydrogen) atoms. The minimum Gasteiger partial charge on any atom is -0.399 e. The molecule has 0 spiro atoms. The van der Waals surface area contributed by atoms with Crippen LogP contribution in [-0.4, -0.2) is 20.2 Å². The van der Waals surface area contributed by atoms with Crippen molar-refractivity contribution in [3.05, 3.63) is 52.3 Å². The first-order valence-electron chi connectivity index (χ1n) is 5.85. The molecule has 2 N–H and O–H groups in total. The summed E-state index contributed by atoms with van der Waals surface area (Å²) in [6.45, 7) is 0. The van der Waals surface area contributed by atoms with E-state index >= 15 is 0 Å². The fourth-order valence-corrected chi connectivity index (χ4v) is 2.31. The number of tetrazole rings is 1. The number of benzene rings is 2. The second kappa shape index (κ2) is 5.31. The van der Waals surface area contributed by atoms with Gasteiger partial charge in [0.25, 0.3) is 0 Å². The maximum atomic E-state index is 13.2. The van der Waals surface area contributed by atoms with Gasteiger partial charge in [0, 0.05) is 11.3 Å². The molecule has 0 aliphatic rings. The number of anilines is 1. The Kier molecular flexibility index (Phi) is 3.48. The minimum absolute atomic E-state index is 0.0163. The van der Waals surface area contributed by atoms with Crippen LogP contribution in [0.2, 0.25) is 10.0 Å². The minimum atomic E-state index is -0.513. The van der Waals surface area contributed by atoms with E-state index in [2.05, 4.69) is 15.5 Å². The molecule has 106 valence electrons. The van der Waals surface area contributed by atoms with Gasteiger partial charge in [-0.3, -0.25) is 0 Å². The Balaban J connectivity index is 2.14. The molecule has 0 radical (unpaired) electrons. The number of aromatic nitrogens is 4. The summed E-state index contributed by atoms with van der Waals surface area (Å²) >= 11 is 11.9. The van der Waals surface area contributed by atoms with E-state index in [9.17, 15) is 4.39 Å². The van der Waals surface area contributed by atoms with E-state index in [0.717, 1.165) is 0 Å². The average Bonchev–Trinajstić information content (AvgIpc) is 2.91. The maximum Gasteiger partial charge on any atom is 0.188 e. The fraction of sp³-hybridized carbons (Fsp3) is 0. The summed E-state index contributed by atoms with van der Waals surface area (Å²) in [5.74, 6) is -0.108. The van der Waals surface area contributed by atoms with Crippen molar-refractivity contribution in [2.24, 2.45) is 0 Å². The van der Waals surface area contributed by atoms with Crippen molar-refractivity contribution in [1.82, 2.24) is 20.2 Å². The van der Waals surface area contributed by atoms with E-state index in [-0.39, 0.29) is 5.02 Å². The van der Waals surface area contributed by atoms with E-state index in [1.807, 2.05) is 0 Å². The molecule has 0 unspecified atom stereocenters. The molecule has 1 heterocycles. The van der Waals surface area contributed by atoms with Crippen molar-refractivity contribution in [3.8, 4) is 17.1 Å². The zero-order valence-electron chi connectivity index (χ0n) is 10.5. The van der Waals surface area contributed by atoms with Crippen LogP contribution in [0, 0.1) is 5.82 Å². The third-order valence-corrected chi connectivity index (χ3v) is 3.45. The lowest BCUT2D eigenvalue weighted by atomic mass is 10.2. The molecule has 0 bridgehead atoms. The SMILES string of the molecule is Nc1ccc(-c2nnnn2-c2ccc(F)c(Cl)c2)c(Cl)c1. The highest BCUT2D eigenvalue weighted by Crippen LogP contribution is 2.29. The molecule has 0 aliphatic heterocycles. The van der Waals surface area contributed by atoms with Gasteiger partial charge in [-0.2, -0.15) is 4.68 Å². The van der Waals surface area contributed by atoms with Crippen LogP contribution in [0.25, 0.3) is 17.1 Å². The van der Waals surface area contributed by atoms with Crippen LogP contribution in [0.4, 0.5) is 10.1 Å². The molecule has 2 aromatic carbocycles. The summed E-state index contributed by atoms with van der Waals surface area (Å²) in [5.41, 5.74) is 7.33. The number of nitrogens with zero attached hydrogens (tertiary/aromatic N) is 4. The van der Waals surface area contributed by atoms with Crippen molar-refractivity contribution in [3.63, 3.8) is 0 Å². The Bertz CT molecular complexity index is 818. The molecule has 1 aromatic heterocycles. The summed E-state index contributed by atoms with van der Waals surface area (Å²) in [5, 5.41) is 11.9. The van der Waals surface area contributed by atoms with Crippen LogP contribution < -0.4 is 5.73 Å². The van der Waals surface area contributed by atoms with Crippen molar-refractivity contribution in [2.75, 3.05) is 5.73 Å². The van der Waals surface area contributed by atoms with Gasteiger partial charge in [0.1, 0.15) is 5.82 Å². The fourth-order valence-electron chi connectivity index (χ4n) is 1.86. The van der Waals surface area contributed by atoms with Gasteiger partial charge in [-0.1, -0.05) is 23.2 Å². The third-order valence-electron chi connectivity index (χ3n) is 2.85. The molecular formula is C13H8Cl2FN5. The summed E-state index contributed by atoms with van der Waals surface area (Å²) in [7, 11) is 0. The molecule has 0 atom stereocenters. The molecule has 3 rings (SSSR count). The Morgan fingerprint density at radius 2 is 1.86 bits per heavy atom. The smallest absolute Gasteiger partial charge is 0.188 e. The van der Waals surface area contributed by atoms with E-state index in [1.54, 1.807) is 18.2 Å². The van der Waals surface area contributed by atoms with Gasteiger partial charge in [0.15, 0.2) is 5.82 Å². The second-order valence-electron chi connectivity index (χ2n) is 4.25. The summed E-state index contributed by atoms with van der Waals surface area (Å²) in [6.07, 6.45) is 0. The van der Waals surface area contributed by atoms with Gasteiger partial charge in [0.2, 0.25) is 0 Å². The molecular weight excluding hydrogens is 316 g/mol. The van der Waals surface area contributed by atoms with Gasteiger partial charge in [0.05, 0.1) is 15.7 Å². The Hall–Kier alpha value is -2.18. The molecule has 5 nitrogen and oxygen atoms in total.